The zero-order valence-corrected chi connectivity index (χ0v) is 16.0. The van der Waals surface area contributed by atoms with E-state index in [1.165, 1.54) is 23.9 Å². The van der Waals surface area contributed by atoms with Crippen molar-refractivity contribution >= 4 is 75.0 Å². The summed E-state index contributed by atoms with van der Waals surface area (Å²) in [4.78, 5) is 16.7. The molecule has 4 rings (SSSR count). The van der Waals surface area contributed by atoms with Gasteiger partial charge in [0.2, 0.25) is 11.7 Å². The standard InChI is InChI=1S/C16H10Cl3N5OS/c17-8-5-10(19)12(6-9(8)18)20-14(25)7-26-16-23-22-15-21-11-3-1-2-4-13(11)24(15)16/h1-6H,7H2,(H,20,25)(H,21,22). The summed E-state index contributed by atoms with van der Waals surface area (Å²) < 4.78 is 1.87. The van der Waals surface area contributed by atoms with Crippen LogP contribution in [0.25, 0.3) is 16.8 Å². The number of hydrogen-bond acceptors (Lipinski definition) is 4. The number of para-hydroxylation sites is 2. The maximum atomic E-state index is 12.3. The fraction of sp³-hybridized carbons (Fsp3) is 0.0625. The number of carbonyl (C=O) groups is 1. The third-order valence-electron chi connectivity index (χ3n) is 3.62. The number of hydrogen-bond donors (Lipinski definition) is 2. The van der Waals surface area contributed by atoms with Crippen LogP contribution in [-0.4, -0.2) is 31.2 Å². The molecule has 1 amide bonds. The van der Waals surface area contributed by atoms with Crippen LogP contribution in [0.15, 0.2) is 41.6 Å². The third kappa shape index (κ3) is 3.23. The smallest absolute Gasteiger partial charge is 0.234 e. The van der Waals surface area contributed by atoms with E-state index in [2.05, 4.69) is 20.5 Å². The average Bonchev–Trinajstić information content (AvgIpc) is 3.17. The molecule has 2 N–H and O–H groups in total. The summed E-state index contributed by atoms with van der Waals surface area (Å²) in [6, 6.07) is 10.7. The van der Waals surface area contributed by atoms with Crippen LogP contribution in [0.2, 0.25) is 15.1 Å². The number of carbonyl (C=O) groups excluding carboxylic acids is 1. The van der Waals surface area contributed by atoms with E-state index in [4.69, 9.17) is 34.8 Å². The Morgan fingerprint density at radius 2 is 1.92 bits per heavy atom. The van der Waals surface area contributed by atoms with E-state index in [1.54, 1.807) is 0 Å². The molecular formula is C16H10Cl3N5OS. The minimum atomic E-state index is -0.240. The molecule has 2 heterocycles. The second-order valence-corrected chi connectivity index (χ2v) is 7.51. The number of nitrogens with one attached hydrogen (secondary N) is 2. The molecule has 2 aromatic heterocycles. The summed E-state index contributed by atoms with van der Waals surface area (Å²) in [5, 5.41) is 11.4. The Kier molecular flexibility index (Phi) is 4.71. The van der Waals surface area contributed by atoms with Crippen molar-refractivity contribution in [1.82, 2.24) is 19.6 Å². The van der Waals surface area contributed by atoms with Crippen molar-refractivity contribution in [2.24, 2.45) is 0 Å². The van der Waals surface area contributed by atoms with Crippen LogP contribution < -0.4 is 5.32 Å². The van der Waals surface area contributed by atoms with Gasteiger partial charge < -0.3 is 5.32 Å². The number of H-pyrrole nitrogens is 1. The van der Waals surface area contributed by atoms with E-state index in [1.807, 2.05) is 28.7 Å². The number of amides is 1. The number of aromatic amines is 1. The van der Waals surface area contributed by atoms with Crippen LogP contribution in [0.1, 0.15) is 0 Å². The Morgan fingerprint density at radius 3 is 2.77 bits per heavy atom. The molecule has 0 unspecified atom stereocenters. The molecule has 6 nitrogen and oxygen atoms in total. The molecule has 0 aliphatic heterocycles. The van der Waals surface area contributed by atoms with Crippen molar-refractivity contribution in [2.45, 2.75) is 5.16 Å². The SMILES string of the molecule is O=C(CSc1n[nH]c2nc3ccccc3n12)Nc1cc(Cl)c(Cl)cc1Cl. The van der Waals surface area contributed by atoms with Gasteiger partial charge in [0.1, 0.15) is 0 Å². The summed E-state index contributed by atoms with van der Waals surface area (Å²) in [5.41, 5.74) is 2.19. The molecule has 0 atom stereocenters. The van der Waals surface area contributed by atoms with Crippen molar-refractivity contribution in [3.8, 4) is 0 Å². The molecule has 0 spiro atoms. The fourth-order valence-corrected chi connectivity index (χ4v) is 3.82. The van der Waals surface area contributed by atoms with E-state index in [0.717, 1.165) is 11.0 Å². The maximum Gasteiger partial charge on any atom is 0.234 e. The molecule has 26 heavy (non-hydrogen) atoms. The summed E-state index contributed by atoms with van der Waals surface area (Å²) in [5.74, 6) is 0.528. The lowest BCUT2D eigenvalue weighted by Crippen LogP contribution is -2.14. The van der Waals surface area contributed by atoms with E-state index in [0.29, 0.717) is 31.7 Å². The minimum absolute atomic E-state index is 0.142. The Labute approximate surface area is 166 Å². The van der Waals surface area contributed by atoms with Crippen molar-refractivity contribution < 1.29 is 4.79 Å². The highest BCUT2D eigenvalue weighted by molar-refractivity contribution is 7.99. The lowest BCUT2D eigenvalue weighted by atomic mass is 10.3. The first-order valence-electron chi connectivity index (χ1n) is 7.41. The number of halogens is 3. The quantitative estimate of drug-likeness (QED) is 0.359. The van der Waals surface area contributed by atoms with Crippen molar-refractivity contribution in [2.75, 3.05) is 11.1 Å². The van der Waals surface area contributed by atoms with Crippen molar-refractivity contribution in [3.05, 3.63) is 51.5 Å². The van der Waals surface area contributed by atoms with Gasteiger partial charge in [-0.1, -0.05) is 58.7 Å². The molecular weight excluding hydrogens is 417 g/mol. The van der Waals surface area contributed by atoms with Crippen molar-refractivity contribution in [3.63, 3.8) is 0 Å². The second kappa shape index (κ2) is 7.00. The Morgan fingerprint density at radius 1 is 1.15 bits per heavy atom. The number of thioether (sulfide) groups is 1. The van der Waals surface area contributed by atoms with Gasteiger partial charge in [-0.15, -0.1) is 5.10 Å². The minimum Gasteiger partial charge on any atom is -0.324 e. The third-order valence-corrected chi connectivity index (χ3v) is 5.59. The number of rotatable bonds is 4. The van der Waals surface area contributed by atoms with Gasteiger partial charge in [0.15, 0.2) is 5.16 Å². The average molecular weight is 427 g/mol. The highest BCUT2D eigenvalue weighted by Gasteiger charge is 2.14. The normalized spacial score (nSPS) is 11.3. The topological polar surface area (TPSA) is 75.1 Å². The summed E-state index contributed by atoms with van der Waals surface area (Å²) in [6.07, 6.45) is 0. The highest BCUT2D eigenvalue weighted by Crippen LogP contribution is 2.32. The van der Waals surface area contributed by atoms with Crippen LogP contribution in [0.5, 0.6) is 0 Å². The molecule has 0 bridgehead atoms. The van der Waals surface area contributed by atoms with Gasteiger partial charge in [0.05, 0.1) is 37.5 Å². The van der Waals surface area contributed by atoms with Crippen LogP contribution in [0, 0.1) is 0 Å². The van der Waals surface area contributed by atoms with Crippen LogP contribution in [0.4, 0.5) is 5.69 Å². The molecule has 0 radical (unpaired) electrons. The number of imidazole rings is 1. The summed E-state index contributed by atoms with van der Waals surface area (Å²) in [6.45, 7) is 0. The highest BCUT2D eigenvalue weighted by atomic mass is 35.5. The monoisotopic (exact) mass is 425 g/mol. The Hall–Kier alpha value is -1.93. The summed E-state index contributed by atoms with van der Waals surface area (Å²) in [7, 11) is 0. The molecule has 0 aliphatic carbocycles. The first kappa shape index (κ1) is 17.5. The van der Waals surface area contributed by atoms with E-state index < -0.39 is 0 Å². The van der Waals surface area contributed by atoms with Gasteiger partial charge in [0, 0.05) is 0 Å². The van der Waals surface area contributed by atoms with Crippen LogP contribution >= 0.6 is 46.6 Å². The van der Waals surface area contributed by atoms with Gasteiger partial charge in [-0.3, -0.25) is 9.20 Å². The molecule has 0 saturated heterocycles. The zero-order chi connectivity index (χ0) is 18.3. The predicted octanol–water partition coefficient (Wildman–Crippen LogP) is 4.90. The maximum absolute atomic E-state index is 12.3. The number of anilines is 1. The van der Waals surface area contributed by atoms with Gasteiger partial charge in [-0.25, -0.2) is 10.1 Å². The van der Waals surface area contributed by atoms with E-state index in [9.17, 15) is 4.79 Å². The zero-order valence-electron chi connectivity index (χ0n) is 13.0. The molecule has 2 aromatic carbocycles. The van der Waals surface area contributed by atoms with E-state index in [-0.39, 0.29) is 11.7 Å². The number of fused-ring (bicyclic) bond motifs is 3. The molecule has 132 valence electrons. The lowest BCUT2D eigenvalue weighted by Gasteiger charge is -2.08. The second-order valence-electron chi connectivity index (χ2n) is 5.35. The lowest BCUT2D eigenvalue weighted by molar-refractivity contribution is -0.113. The largest absolute Gasteiger partial charge is 0.324 e. The molecule has 10 heteroatoms. The Balaban J connectivity index is 1.51. The predicted molar refractivity (Wildman–Crippen MR) is 106 cm³/mol. The molecule has 4 aromatic rings. The summed E-state index contributed by atoms with van der Waals surface area (Å²) >= 11 is 19.2. The van der Waals surface area contributed by atoms with Gasteiger partial charge in [-0.2, -0.15) is 0 Å². The molecule has 0 aliphatic rings. The van der Waals surface area contributed by atoms with Gasteiger partial charge >= 0.3 is 0 Å². The molecule has 0 saturated carbocycles. The van der Waals surface area contributed by atoms with Gasteiger partial charge in [0.25, 0.3) is 0 Å². The van der Waals surface area contributed by atoms with Gasteiger partial charge in [-0.05, 0) is 24.3 Å². The Bertz CT molecular complexity index is 1140. The van der Waals surface area contributed by atoms with E-state index >= 15 is 0 Å². The van der Waals surface area contributed by atoms with Crippen molar-refractivity contribution in [1.29, 1.82) is 0 Å². The number of nitrogens with zero attached hydrogens (tertiary/aromatic N) is 3. The number of aromatic nitrogens is 4. The first-order valence-corrected chi connectivity index (χ1v) is 9.53. The molecule has 0 fully saturated rings. The van der Waals surface area contributed by atoms with Crippen LogP contribution in [-0.2, 0) is 4.79 Å². The first-order chi connectivity index (χ1) is 12.5. The number of benzene rings is 2. The fourth-order valence-electron chi connectivity index (χ4n) is 2.47. The van der Waals surface area contributed by atoms with Crippen LogP contribution in [0.3, 0.4) is 0 Å².